The second-order valence-electron chi connectivity index (χ2n) is 7.26. The molecule has 0 unspecified atom stereocenters. The normalized spacial score (nSPS) is 14.8. The van der Waals surface area contributed by atoms with Crippen LogP contribution >= 0.6 is 0 Å². The zero-order valence-electron chi connectivity index (χ0n) is 16.8. The van der Waals surface area contributed by atoms with Crippen LogP contribution in [0.5, 0.6) is 5.75 Å². The lowest BCUT2D eigenvalue weighted by Gasteiger charge is -2.36. The summed E-state index contributed by atoms with van der Waals surface area (Å²) in [6, 6.07) is 14.4. The topological polar surface area (TPSA) is 46.4 Å². The number of nitrogens with zero attached hydrogens (tertiary/aromatic N) is 5. The molecule has 4 rings (SSSR count). The lowest BCUT2D eigenvalue weighted by molar-refractivity contribution is 0.238. The van der Waals surface area contributed by atoms with Gasteiger partial charge < -0.3 is 9.64 Å². The molecule has 0 spiro atoms. The van der Waals surface area contributed by atoms with Crippen molar-refractivity contribution >= 4 is 5.69 Å². The van der Waals surface area contributed by atoms with Gasteiger partial charge in [-0.2, -0.15) is 5.10 Å². The largest absolute Gasteiger partial charge is 0.489 e. The molecule has 6 nitrogen and oxygen atoms in total. The van der Waals surface area contributed by atoms with Crippen LogP contribution < -0.4 is 9.64 Å². The molecule has 1 aliphatic rings. The zero-order valence-corrected chi connectivity index (χ0v) is 16.8. The second-order valence-corrected chi connectivity index (χ2v) is 7.26. The van der Waals surface area contributed by atoms with E-state index in [1.807, 2.05) is 18.2 Å². The van der Waals surface area contributed by atoms with Gasteiger partial charge in [0.15, 0.2) is 0 Å². The maximum absolute atomic E-state index is 13.0. The van der Waals surface area contributed by atoms with E-state index in [4.69, 9.17) is 4.74 Å². The summed E-state index contributed by atoms with van der Waals surface area (Å²) in [7, 11) is 0. The van der Waals surface area contributed by atoms with Gasteiger partial charge in [-0.1, -0.05) is 18.2 Å². The van der Waals surface area contributed by atoms with E-state index in [1.54, 1.807) is 16.8 Å². The molecule has 1 aromatic heterocycles. The summed E-state index contributed by atoms with van der Waals surface area (Å²) in [4.78, 5) is 8.90. The van der Waals surface area contributed by atoms with Crippen molar-refractivity contribution in [2.24, 2.45) is 0 Å². The number of benzene rings is 2. The standard InChI is InChI=1S/C22H25F2N5O/c23-8-9-29-22(25-17-26-29)15-27-10-12-28(13-11-27)20-2-1-3-21(14-20)30-16-18-4-6-19(24)7-5-18/h1-7,14,17H,8-13,15-16H2. The Morgan fingerprint density at radius 3 is 2.57 bits per heavy atom. The molecule has 0 atom stereocenters. The fourth-order valence-corrected chi connectivity index (χ4v) is 3.56. The Labute approximate surface area is 174 Å². The Kier molecular flexibility index (Phi) is 6.53. The molecule has 0 N–H and O–H groups in total. The maximum Gasteiger partial charge on any atom is 0.141 e. The quantitative estimate of drug-likeness (QED) is 0.567. The van der Waals surface area contributed by atoms with Crippen molar-refractivity contribution in [2.75, 3.05) is 37.8 Å². The summed E-state index contributed by atoms with van der Waals surface area (Å²) >= 11 is 0. The van der Waals surface area contributed by atoms with Crippen molar-refractivity contribution in [3.05, 3.63) is 72.1 Å². The van der Waals surface area contributed by atoms with Crippen molar-refractivity contribution in [1.82, 2.24) is 19.7 Å². The highest BCUT2D eigenvalue weighted by Crippen LogP contribution is 2.23. The molecule has 2 heterocycles. The average Bonchev–Trinajstić information content (AvgIpc) is 3.21. The number of rotatable bonds is 8. The van der Waals surface area contributed by atoms with Crippen LogP contribution in [0, 0.1) is 5.82 Å². The highest BCUT2D eigenvalue weighted by atomic mass is 19.1. The molecule has 0 radical (unpaired) electrons. The minimum Gasteiger partial charge on any atom is -0.489 e. The van der Waals surface area contributed by atoms with Crippen molar-refractivity contribution in [3.8, 4) is 5.75 Å². The summed E-state index contributed by atoms with van der Waals surface area (Å²) in [5.41, 5.74) is 2.04. The number of piperazine rings is 1. The van der Waals surface area contributed by atoms with Gasteiger partial charge in [0.05, 0.1) is 13.1 Å². The Balaban J connectivity index is 1.30. The fourth-order valence-electron chi connectivity index (χ4n) is 3.56. The summed E-state index contributed by atoms with van der Waals surface area (Å²) in [5.74, 6) is 1.35. The van der Waals surface area contributed by atoms with Gasteiger partial charge in [0.25, 0.3) is 0 Å². The molecule has 0 bridgehead atoms. The Hall–Kier alpha value is -3.00. The van der Waals surface area contributed by atoms with Gasteiger partial charge in [0.1, 0.15) is 37.0 Å². The molecule has 1 saturated heterocycles. The first-order valence-corrected chi connectivity index (χ1v) is 10.1. The number of hydrogen-bond donors (Lipinski definition) is 0. The van der Waals surface area contributed by atoms with E-state index in [1.165, 1.54) is 18.5 Å². The van der Waals surface area contributed by atoms with Crippen molar-refractivity contribution in [2.45, 2.75) is 19.7 Å². The van der Waals surface area contributed by atoms with Crippen LogP contribution in [0.15, 0.2) is 54.9 Å². The first-order chi connectivity index (χ1) is 14.7. The van der Waals surface area contributed by atoms with Crippen LogP contribution in [0.3, 0.4) is 0 Å². The van der Waals surface area contributed by atoms with Gasteiger partial charge >= 0.3 is 0 Å². The molecule has 0 amide bonds. The van der Waals surface area contributed by atoms with Crippen molar-refractivity contribution in [3.63, 3.8) is 0 Å². The van der Waals surface area contributed by atoms with Crippen LogP contribution in [0.4, 0.5) is 14.5 Å². The summed E-state index contributed by atoms with van der Waals surface area (Å²) in [5, 5.41) is 4.08. The van der Waals surface area contributed by atoms with E-state index >= 15 is 0 Å². The van der Waals surface area contributed by atoms with E-state index in [0.717, 1.165) is 49.0 Å². The molecule has 1 fully saturated rings. The van der Waals surface area contributed by atoms with Crippen LogP contribution in [0.2, 0.25) is 0 Å². The number of halogens is 2. The Bertz CT molecular complexity index is 939. The molecule has 0 saturated carbocycles. The maximum atomic E-state index is 13.0. The van der Waals surface area contributed by atoms with Crippen LogP contribution in [-0.4, -0.2) is 52.5 Å². The van der Waals surface area contributed by atoms with E-state index < -0.39 is 6.67 Å². The van der Waals surface area contributed by atoms with Crippen LogP contribution in [-0.2, 0) is 19.7 Å². The summed E-state index contributed by atoms with van der Waals surface area (Å²) in [6.07, 6.45) is 1.48. The predicted octanol–water partition coefficient (Wildman–Crippen LogP) is 3.29. The smallest absolute Gasteiger partial charge is 0.141 e. The highest BCUT2D eigenvalue weighted by molar-refractivity contribution is 5.51. The average molecular weight is 413 g/mol. The SMILES string of the molecule is FCCn1ncnc1CN1CCN(c2cccc(OCc3ccc(F)cc3)c2)CC1. The Morgan fingerprint density at radius 1 is 1.00 bits per heavy atom. The third-order valence-electron chi connectivity index (χ3n) is 5.23. The first-order valence-electron chi connectivity index (χ1n) is 10.1. The molecule has 3 aromatic rings. The van der Waals surface area contributed by atoms with E-state index in [2.05, 4.69) is 25.9 Å². The number of hydrogen-bond acceptors (Lipinski definition) is 5. The summed E-state index contributed by atoms with van der Waals surface area (Å²) < 4.78 is 33.2. The number of aromatic nitrogens is 3. The Morgan fingerprint density at radius 2 is 1.80 bits per heavy atom. The van der Waals surface area contributed by atoms with Gasteiger partial charge in [-0.05, 0) is 29.8 Å². The zero-order chi connectivity index (χ0) is 20.8. The number of anilines is 1. The third kappa shape index (κ3) is 5.13. The summed E-state index contributed by atoms with van der Waals surface area (Å²) in [6.45, 7) is 4.44. The fraction of sp³-hybridized carbons (Fsp3) is 0.364. The molecule has 158 valence electrons. The molecule has 30 heavy (non-hydrogen) atoms. The highest BCUT2D eigenvalue weighted by Gasteiger charge is 2.19. The van der Waals surface area contributed by atoms with Gasteiger partial charge in [-0.25, -0.2) is 18.4 Å². The van der Waals surface area contributed by atoms with Gasteiger partial charge in [0, 0.05) is 37.9 Å². The van der Waals surface area contributed by atoms with Gasteiger partial charge in [0.2, 0.25) is 0 Å². The predicted molar refractivity (Wildman–Crippen MR) is 111 cm³/mol. The van der Waals surface area contributed by atoms with Crippen LogP contribution in [0.25, 0.3) is 0 Å². The van der Waals surface area contributed by atoms with Gasteiger partial charge in [-0.15, -0.1) is 0 Å². The minimum atomic E-state index is -0.441. The molecular formula is C22H25F2N5O. The monoisotopic (exact) mass is 413 g/mol. The molecule has 2 aromatic carbocycles. The minimum absolute atomic E-state index is 0.248. The van der Waals surface area contributed by atoms with Crippen LogP contribution in [0.1, 0.15) is 11.4 Å². The molecular weight excluding hydrogens is 388 g/mol. The lowest BCUT2D eigenvalue weighted by Crippen LogP contribution is -2.46. The molecule has 1 aliphatic heterocycles. The van der Waals surface area contributed by atoms with Gasteiger partial charge in [-0.3, -0.25) is 4.90 Å². The van der Waals surface area contributed by atoms with E-state index in [-0.39, 0.29) is 12.4 Å². The van der Waals surface area contributed by atoms with Crippen molar-refractivity contribution in [1.29, 1.82) is 0 Å². The molecule has 8 heteroatoms. The number of aryl methyl sites for hydroxylation is 1. The van der Waals surface area contributed by atoms with Crippen molar-refractivity contribution < 1.29 is 13.5 Å². The number of alkyl halides is 1. The first kappa shape index (κ1) is 20.3. The lowest BCUT2D eigenvalue weighted by atomic mass is 10.2. The second kappa shape index (κ2) is 9.67. The van der Waals surface area contributed by atoms with E-state index in [0.29, 0.717) is 13.2 Å². The number of ether oxygens (including phenoxy) is 1. The third-order valence-corrected chi connectivity index (χ3v) is 5.23. The van der Waals surface area contributed by atoms with E-state index in [9.17, 15) is 8.78 Å². The molecule has 0 aliphatic carbocycles.